The normalized spacial score (nSPS) is 36.0. The van der Waals surface area contributed by atoms with Crippen molar-refractivity contribution >= 4 is 0 Å². The predicted octanol–water partition coefficient (Wildman–Crippen LogP) is 2.56. The summed E-state index contributed by atoms with van der Waals surface area (Å²) in [6.07, 6.45) is 7.35. The average molecular weight is 167 g/mol. The van der Waals surface area contributed by atoms with Crippen LogP contribution in [0.1, 0.15) is 46.0 Å². The molecule has 1 aliphatic heterocycles. The quantitative estimate of drug-likeness (QED) is 0.633. The van der Waals surface area contributed by atoms with Gasteiger partial charge in [-0.25, -0.2) is 0 Å². The molecule has 0 aromatic heterocycles. The van der Waals surface area contributed by atoms with E-state index < -0.39 is 0 Å². The molecule has 0 spiro atoms. The highest BCUT2D eigenvalue weighted by Crippen LogP contribution is 2.40. The Labute approximate surface area is 75.9 Å². The smallest absolute Gasteiger partial charge is 0.0127 e. The molecule has 1 atom stereocenters. The van der Waals surface area contributed by atoms with Crippen molar-refractivity contribution in [3.05, 3.63) is 0 Å². The van der Waals surface area contributed by atoms with Crippen LogP contribution in [0.25, 0.3) is 0 Å². The van der Waals surface area contributed by atoms with Crippen LogP contribution < -0.4 is 5.32 Å². The molecular formula is C11H21N. The molecule has 0 bridgehead atoms. The zero-order valence-corrected chi connectivity index (χ0v) is 8.40. The van der Waals surface area contributed by atoms with Crippen LogP contribution in [0.15, 0.2) is 0 Å². The summed E-state index contributed by atoms with van der Waals surface area (Å²) in [5.41, 5.74) is 0.415. The van der Waals surface area contributed by atoms with E-state index in [2.05, 4.69) is 19.2 Å². The third-order valence-corrected chi connectivity index (χ3v) is 3.71. The van der Waals surface area contributed by atoms with E-state index >= 15 is 0 Å². The van der Waals surface area contributed by atoms with E-state index in [4.69, 9.17) is 0 Å². The first kappa shape index (κ1) is 8.55. The van der Waals surface area contributed by atoms with E-state index in [0.29, 0.717) is 5.54 Å². The molecule has 0 amide bonds. The Morgan fingerprint density at radius 3 is 2.33 bits per heavy atom. The lowest BCUT2D eigenvalue weighted by Crippen LogP contribution is -2.48. The highest BCUT2D eigenvalue weighted by Gasteiger charge is 2.34. The largest absolute Gasteiger partial charge is 0.312 e. The summed E-state index contributed by atoms with van der Waals surface area (Å²) < 4.78 is 0. The van der Waals surface area contributed by atoms with Gasteiger partial charge < -0.3 is 5.32 Å². The van der Waals surface area contributed by atoms with Gasteiger partial charge in [-0.2, -0.15) is 0 Å². The van der Waals surface area contributed by atoms with Crippen LogP contribution >= 0.6 is 0 Å². The van der Waals surface area contributed by atoms with Crippen molar-refractivity contribution < 1.29 is 0 Å². The van der Waals surface area contributed by atoms with Crippen molar-refractivity contribution in [2.45, 2.75) is 51.5 Å². The Kier molecular flexibility index (Phi) is 2.16. The molecule has 0 aromatic rings. The zero-order valence-electron chi connectivity index (χ0n) is 8.40. The van der Waals surface area contributed by atoms with E-state index in [1.807, 2.05) is 0 Å². The molecule has 1 aliphatic carbocycles. The van der Waals surface area contributed by atoms with Gasteiger partial charge >= 0.3 is 0 Å². The summed E-state index contributed by atoms with van der Waals surface area (Å²) in [6.45, 7) is 5.93. The second-order valence-electron chi connectivity index (χ2n) is 5.25. The van der Waals surface area contributed by atoms with Gasteiger partial charge in [-0.05, 0) is 45.1 Å². The SMILES string of the molecule is CC1(C)CC(C2CCC2)CCN1. The maximum absolute atomic E-state index is 3.59. The standard InChI is InChI=1S/C11H21N/c1-11(2)8-10(6-7-12-11)9-4-3-5-9/h9-10,12H,3-8H2,1-2H3. The van der Waals surface area contributed by atoms with Gasteiger partial charge in [-0.15, -0.1) is 0 Å². The molecule has 2 aliphatic rings. The molecule has 1 heterocycles. The second kappa shape index (κ2) is 3.02. The Hall–Kier alpha value is -0.0400. The summed E-state index contributed by atoms with van der Waals surface area (Å²) in [6, 6.07) is 0. The molecular weight excluding hydrogens is 146 g/mol. The minimum absolute atomic E-state index is 0.415. The van der Waals surface area contributed by atoms with Crippen LogP contribution in [0, 0.1) is 11.8 Å². The monoisotopic (exact) mass is 167 g/mol. The molecule has 1 unspecified atom stereocenters. The lowest BCUT2D eigenvalue weighted by Gasteiger charge is -2.43. The first-order valence-corrected chi connectivity index (χ1v) is 5.42. The first-order valence-electron chi connectivity index (χ1n) is 5.42. The minimum atomic E-state index is 0.415. The average Bonchev–Trinajstić information content (AvgIpc) is 1.80. The van der Waals surface area contributed by atoms with Crippen molar-refractivity contribution in [3.63, 3.8) is 0 Å². The number of piperidine rings is 1. The number of hydrogen-bond acceptors (Lipinski definition) is 1. The first-order chi connectivity index (χ1) is 5.67. The maximum atomic E-state index is 3.59. The number of rotatable bonds is 1. The van der Waals surface area contributed by atoms with E-state index in [9.17, 15) is 0 Å². The summed E-state index contributed by atoms with van der Waals surface area (Å²) >= 11 is 0. The van der Waals surface area contributed by atoms with E-state index in [1.165, 1.54) is 38.6 Å². The molecule has 1 N–H and O–H groups in total. The number of hydrogen-bond donors (Lipinski definition) is 1. The second-order valence-corrected chi connectivity index (χ2v) is 5.25. The predicted molar refractivity (Wildman–Crippen MR) is 52.1 cm³/mol. The summed E-state index contributed by atoms with van der Waals surface area (Å²) in [4.78, 5) is 0. The van der Waals surface area contributed by atoms with Crippen LogP contribution in [0.3, 0.4) is 0 Å². The van der Waals surface area contributed by atoms with Gasteiger partial charge in [-0.3, -0.25) is 0 Å². The molecule has 1 nitrogen and oxygen atoms in total. The molecule has 0 aromatic carbocycles. The van der Waals surface area contributed by atoms with Crippen LogP contribution in [0.5, 0.6) is 0 Å². The lowest BCUT2D eigenvalue weighted by atomic mass is 9.69. The molecule has 1 heteroatoms. The van der Waals surface area contributed by atoms with Gasteiger partial charge in [0, 0.05) is 5.54 Å². The van der Waals surface area contributed by atoms with Crippen LogP contribution in [0.4, 0.5) is 0 Å². The molecule has 70 valence electrons. The molecule has 1 saturated carbocycles. The Bertz CT molecular complexity index is 158. The fourth-order valence-electron chi connectivity index (χ4n) is 2.74. The summed E-state index contributed by atoms with van der Waals surface area (Å²) in [5.74, 6) is 2.13. The van der Waals surface area contributed by atoms with Crippen LogP contribution in [-0.2, 0) is 0 Å². The summed E-state index contributed by atoms with van der Waals surface area (Å²) in [7, 11) is 0. The highest BCUT2D eigenvalue weighted by atomic mass is 15.0. The zero-order chi connectivity index (χ0) is 8.60. The van der Waals surface area contributed by atoms with Crippen molar-refractivity contribution in [3.8, 4) is 0 Å². The molecule has 0 radical (unpaired) electrons. The molecule has 2 rings (SSSR count). The van der Waals surface area contributed by atoms with Gasteiger partial charge in [0.1, 0.15) is 0 Å². The van der Waals surface area contributed by atoms with Crippen molar-refractivity contribution in [2.75, 3.05) is 6.54 Å². The van der Waals surface area contributed by atoms with E-state index in [1.54, 1.807) is 0 Å². The van der Waals surface area contributed by atoms with Gasteiger partial charge in [0.25, 0.3) is 0 Å². The van der Waals surface area contributed by atoms with Crippen LogP contribution in [-0.4, -0.2) is 12.1 Å². The van der Waals surface area contributed by atoms with Crippen molar-refractivity contribution in [2.24, 2.45) is 11.8 Å². The van der Waals surface area contributed by atoms with Gasteiger partial charge in [0.2, 0.25) is 0 Å². The fourth-order valence-corrected chi connectivity index (χ4v) is 2.74. The topological polar surface area (TPSA) is 12.0 Å². The lowest BCUT2D eigenvalue weighted by molar-refractivity contribution is 0.120. The third-order valence-electron chi connectivity index (χ3n) is 3.71. The van der Waals surface area contributed by atoms with E-state index in [-0.39, 0.29) is 0 Å². The maximum Gasteiger partial charge on any atom is 0.0127 e. The van der Waals surface area contributed by atoms with Gasteiger partial charge in [-0.1, -0.05) is 19.3 Å². The molecule has 2 fully saturated rings. The Morgan fingerprint density at radius 1 is 1.08 bits per heavy atom. The number of nitrogens with one attached hydrogen (secondary N) is 1. The highest BCUT2D eigenvalue weighted by molar-refractivity contribution is 4.90. The minimum Gasteiger partial charge on any atom is -0.312 e. The fraction of sp³-hybridized carbons (Fsp3) is 1.00. The molecule has 12 heavy (non-hydrogen) atoms. The van der Waals surface area contributed by atoms with Crippen LogP contribution in [0.2, 0.25) is 0 Å². The van der Waals surface area contributed by atoms with Crippen molar-refractivity contribution in [1.29, 1.82) is 0 Å². The van der Waals surface area contributed by atoms with Crippen molar-refractivity contribution in [1.82, 2.24) is 5.32 Å². The van der Waals surface area contributed by atoms with Gasteiger partial charge in [0.15, 0.2) is 0 Å². The molecule has 1 saturated heterocycles. The summed E-state index contributed by atoms with van der Waals surface area (Å²) in [5, 5.41) is 3.59. The Balaban J connectivity index is 1.89. The third kappa shape index (κ3) is 1.66. The van der Waals surface area contributed by atoms with E-state index in [0.717, 1.165) is 11.8 Å². The Morgan fingerprint density at radius 2 is 1.83 bits per heavy atom. The van der Waals surface area contributed by atoms with Gasteiger partial charge in [0.05, 0.1) is 0 Å².